The predicted molar refractivity (Wildman–Crippen MR) is 297 cm³/mol. The van der Waals surface area contributed by atoms with Crippen LogP contribution in [-0.4, -0.2) is 91.9 Å². The monoisotopic (exact) mass is 1040 g/mol. The summed E-state index contributed by atoms with van der Waals surface area (Å²) in [6.07, 6.45) is 10.4. The lowest BCUT2D eigenvalue weighted by Crippen LogP contribution is -2.61. The number of nitrogens with two attached hydrogens (primary N) is 3. The molecular weight excluding hydrogens is 957 g/mol. The molecule has 0 saturated heterocycles. The summed E-state index contributed by atoms with van der Waals surface area (Å²) in [5.41, 5.74) is 24.1. The molecule has 2 fully saturated rings. The predicted octanol–water partition coefficient (Wildman–Crippen LogP) is 6.52. The van der Waals surface area contributed by atoms with Crippen molar-refractivity contribution in [3.8, 4) is 5.75 Å². The molecule has 2 heterocycles. The van der Waals surface area contributed by atoms with Crippen LogP contribution in [0.5, 0.6) is 5.75 Å². The molecule has 1 amide bonds. The Labute approximate surface area is 448 Å². The SMILES string of the molecule is C=C(/C=C1\C=C[C@@]2(CC[C@@]3([C@@H]4CC[C@H](O)Cc5cccc(c5)C[C@@H]([C@H](CN=C(N)N)c5ccc(O)cc5)[C@H](O)CN[C@@H]5C(=O)N[C@@H](N)c6cccc(c65)CC(=O)/C(C)=C/4CC[C@@]3(C)O)[C@@H]2O)C(CO)=C1)CCC=C(C)C. The molecule has 14 nitrogen and oxygen atoms in total. The fourth-order valence-corrected chi connectivity index (χ4v) is 13.6. The summed E-state index contributed by atoms with van der Waals surface area (Å²) in [5.74, 6) is -2.23. The summed E-state index contributed by atoms with van der Waals surface area (Å²) in [6.45, 7) is 11.8. The smallest absolute Gasteiger partial charge is 0.243 e. The highest BCUT2D eigenvalue weighted by Gasteiger charge is 2.68. The molecule has 3 aromatic carbocycles. The molecule has 2 bridgehead atoms. The number of aliphatic hydroxyl groups is 5. The van der Waals surface area contributed by atoms with E-state index < -0.39 is 70.6 Å². The number of allylic oxidation sites excluding steroid dienone is 9. The molecule has 14 N–H and O–H groups in total. The van der Waals surface area contributed by atoms with Gasteiger partial charge in [-0.25, -0.2) is 0 Å². The first-order valence-corrected chi connectivity index (χ1v) is 27.0. The number of aliphatic hydroxyl groups excluding tert-OH is 4. The van der Waals surface area contributed by atoms with Crippen LogP contribution in [0.15, 0.2) is 142 Å². The van der Waals surface area contributed by atoms with Gasteiger partial charge in [0, 0.05) is 36.3 Å². The molecule has 2 saturated carbocycles. The number of nitrogens with zero attached hydrogens (tertiary/aromatic N) is 1. The van der Waals surface area contributed by atoms with Gasteiger partial charge in [-0.2, -0.15) is 0 Å². The highest BCUT2D eigenvalue weighted by atomic mass is 16.3. The van der Waals surface area contributed by atoms with Crippen molar-refractivity contribution in [3.05, 3.63) is 171 Å². The maximum Gasteiger partial charge on any atom is 0.243 e. The van der Waals surface area contributed by atoms with E-state index in [4.69, 9.17) is 17.2 Å². The number of aliphatic imine (C=N–C) groups is 1. The molecule has 2 aliphatic heterocycles. The number of benzene rings is 3. The molecule has 3 aromatic rings. The maximum atomic E-state index is 15.1. The number of guanidine groups is 1. The van der Waals surface area contributed by atoms with Crippen molar-refractivity contribution in [1.82, 2.24) is 10.6 Å². The number of aromatic hydroxyl groups is 1. The van der Waals surface area contributed by atoms with Crippen LogP contribution in [0.25, 0.3) is 0 Å². The molecule has 11 atom stereocenters. The van der Waals surface area contributed by atoms with Gasteiger partial charge in [-0.15, -0.1) is 0 Å². The Hall–Kier alpha value is -5.97. The number of Topliss-reactive ketones (excluding diaryl/α,β-unsaturated/α-hetero) is 1. The van der Waals surface area contributed by atoms with E-state index >= 15 is 4.79 Å². The van der Waals surface area contributed by atoms with Gasteiger partial charge in [-0.3, -0.25) is 19.9 Å². The van der Waals surface area contributed by atoms with Crippen LogP contribution >= 0.6 is 0 Å². The molecule has 14 heteroatoms. The molecule has 0 unspecified atom stereocenters. The number of carbonyl (C=O) groups is 2. The summed E-state index contributed by atoms with van der Waals surface area (Å²) < 4.78 is 0. The number of fused-ring (bicyclic) bond motifs is 4. The molecule has 0 aromatic heterocycles. The highest BCUT2D eigenvalue weighted by molar-refractivity contribution is 5.98. The van der Waals surface area contributed by atoms with E-state index in [1.165, 1.54) is 5.57 Å². The van der Waals surface area contributed by atoms with Crippen LogP contribution < -0.4 is 27.8 Å². The summed E-state index contributed by atoms with van der Waals surface area (Å²) in [6, 6.07) is 19.0. The summed E-state index contributed by atoms with van der Waals surface area (Å²) >= 11 is 0. The molecule has 8 rings (SSSR count). The summed E-state index contributed by atoms with van der Waals surface area (Å²) in [5, 5.41) is 78.3. The summed E-state index contributed by atoms with van der Waals surface area (Å²) in [7, 11) is 0. The lowest BCUT2D eigenvalue weighted by Gasteiger charge is -2.57. The van der Waals surface area contributed by atoms with Crippen LogP contribution in [0.1, 0.15) is 131 Å². The Balaban J connectivity index is 1.22. The third-order valence-electron chi connectivity index (χ3n) is 17.6. The average Bonchev–Trinajstić information content (AvgIpc) is 3.66. The second kappa shape index (κ2) is 23.3. The van der Waals surface area contributed by atoms with Crippen LogP contribution in [0.4, 0.5) is 0 Å². The molecule has 3 aliphatic carbocycles. The minimum absolute atomic E-state index is 0.0586. The van der Waals surface area contributed by atoms with Crippen molar-refractivity contribution in [2.45, 2.75) is 140 Å². The Morgan fingerprint density at radius 3 is 2.41 bits per heavy atom. The number of phenols is 1. The fraction of sp³-hybridized carbons (Fsp3) is 0.468. The number of hydrogen-bond acceptors (Lipinski definition) is 11. The number of β-amino-alcohol motifs (C(OH)–C–C–N with tert-alkyl or cyclic N) is 1. The minimum Gasteiger partial charge on any atom is -0.508 e. The van der Waals surface area contributed by atoms with Crippen LogP contribution in [-0.2, 0) is 28.9 Å². The molecule has 5 aliphatic rings. The van der Waals surface area contributed by atoms with Gasteiger partial charge in [0.25, 0.3) is 0 Å². The quantitative estimate of drug-likeness (QED) is 0.0622. The van der Waals surface area contributed by atoms with Gasteiger partial charge in [0.15, 0.2) is 11.7 Å². The number of rotatable bonds is 9. The zero-order chi connectivity index (χ0) is 54.7. The number of nitrogens with one attached hydrogen (secondary N) is 2. The molecule has 0 radical (unpaired) electrons. The van der Waals surface area contributed by atoms with Gasteiger partial charge < -0.3 is 53.2 Å². The number of carbonyl (C=O) groups excluding carboxylic acids is 2. The largest absolute Gasteiger partial charge is 0.508 e. The minimum atomic E-state index is -1.41. The van der Waals surface area contributed by atoms with Crippen molar-refractivity contribution in [2.75, 3.05) is 19.7 Å². The van der Waals surface area contributed by atoms with Crippen molar-refractivity contribution < 1.29 is 40.2 Å². The number of phenolic OH excluding ortho intramolecular Hbond substituents is 1. The Morgan fingerprint density at radius 1 is 0.974 bits per heavy atom. The van der Waals surface area contributed by atoms with E-state index in [-0.39, 0.29) is 62.9 Å². The molecular formula is C62H80N6O8. The Morgan fingerprint density at radius 2 is 1.70 bits per heavy atom. The number of amides is 1. The van der Waals surface area contributed by atoms with Gasteiger partial charge in [0.2, 0.25) is 5.91 Å². The standard InChI is InChI=1S/C62H80N6O8/c1-36(2)9-6-10-37(3)27-41-21-24-61(44(29-41)35-69)25-26-62(58(61)75)51-20-19-46(71)30-39-11-7-12-40(28-39)31-49(50(33-67-59(64)65)42-15-17-45(70)18-16-42)53(73)34-66-55-54-43(13-8-14-48(54)56(63)68-57(55)74)32-52(72)38(4)47(51)22-23-60(62,5)76/h7-9,11-18,21,24,27-29,46,49-51,53,55-56,58,66,69-71,73,75-76H,3,6,10,19-20,22-23,25-26,30-35,63H2,1-2,4-5H3,(H,68,74)(H4,64,65,67)/b41-27+,47-38+/t46-,49-,50+,51+,53+,55-,56+,58+,60+,61+,62+/m0/s1. The normalized spacial score (nSPS) is 31.9. The first-order valence-electron chi connectivity index (χ1n) is 27.0. The van der Waals surface area contributed by atoms with E-state index in [1.54, 1.807) is 31.2 Å². The third-order valence-corrected chi connectivity index (χ3v) is 17.6. The van der Waals surface area contributed by atoms with Crippen LogP contribution in [0, 0.1) is 22.7 Å². The average molecular weight is 1040 g/mol. The first kappa shape index (κ1) is 56.2. The highest BCUT2D eigenvalue weighted by Crippen LogP contribution is 2.67. The van der Waals surface area contributed by atoms with Gasteiger partial charge in [0.1, 0.15) is 18.0 Å². The van der Waals surface area contributed by atoms with E-state index in [2.05, 4.69) is 42.1 Å². The zero-order valence-corrected chi connectivity index (χ0v) is 44.6. The topological polar surface area (TPSA) is 270 Å². The lowest BCUT2D eigenvalue weighted by atomic mass is 9.51. The Kier molecular flexibility index (Phi) is 17.3. The van der Waals surface area contributed by atoms with Gasteiger partial charge in [0.05, 0.1) is 30.5 Å². The maximum absolute atomic E-state index is 15.1. The van der Waals surface area contributed by atoms with Gasteiger partial charge >= 0.3 is 0 Å². The molecule has 2 spiro atoms. The lowest BCUT2D eigenvalue weighted by molar-refractivity contribution is -0.174. The number of ketones is 1. The fourth-order valence-electron chi connectivity index (χ4n) is 13.6. The van der Waals surface area contributed by atoms with E-state index in [0.717, 1.165) is 46.3 Å². The second-order valence-corrected chi connectivity index (χ2v) is 22.7. The zero-order valence-electron chi connectivity index (χ0n) is 44.6. The van der Waals surface area contributed by atoms with E-state index in [1.807, 2.05) is 73.7 Å². The van der Waals surface area contributed by atoms with Crippen LogP contribution in [0.2, 0.25) is 0 Å². The number of hydrogen-bond donors (Lipinski definition) is 11. The van der Waals surface area contributed by atoms with Crippen molar-refractivity contribution in [3.63, 3.8) is 0 Å². The first-order chi connectivity index (χ1) is 36.2. The third kappa shape index (κ3) is 11.5. The van der Waals surface area contributed by atoms with Gasteiger partial charge in [-0.05, 0) is 166 Å². The van der Waals surface area contributed by atoms with Crippen molar-refractivity contribution in [2.24, 2.45) is 44.9 Å². The molecule has 406 valence electrons. The van der Waals surface area contributed by atoms with Crippen LogP contribution in [0.3, 0.4) is 0 Å². The van der Waals surface area contributed by atoms with E-state index in [9.17, 15) is 35.4 Å². The van der Waals surface area contributed by atoms with Crippen molar-refractivity contribution in [1.29, 1.82) is 0 Å². The van der Waals surface area contributed by atoms with E-state index in [0.29, 0.717) is 59.9 Å². The second-order valence-electron chi connectivity index (χ2n) is 22.7. The van der Waals surface area contributed by atoms with Gasteiger partial charge in [-0.1, -0.05) is 108 Å². The van der Waals surface area contributed by atoms with Crippen molar-refractivity contribution >= 4 is 17.6 Å². The Bertz CT molecular complexity index is 2860. The summed E-state index contributed by atoms with van der Waals surface area (Å²) in [4.78, 5) is 33.7. The molecule has 76 heavy (non-hydrogen) atoms.